The zero-order valence-electron chi connectivity index (χ0n) is 43.1. The van der Waals surface area contributed by atoms with E-state index in [1.165, 1.54) is 147 Å². The van der Waals surface area contributed by atoms with Crippen LogP contribution in [0.5, 0.6) is 0 Å². The number of benzene rings is 13. The zero-order chi connectivity index (χ0) is 51.6. The minimum Gasteiger partial charge on any atom is -0.312 e. The van der Waals surface area contributed by atoms with E-state index in [1.807, 2.05) is 0 Å². The van der Waals surface area contributed by atoms with Crippen molar-refractivity contribution in [3.8, 4) is 33.4 Å². The molecule has 4 heterocycles. The van der Waals surface area contributed by atoms with Gasteiger partial charge in [0.1, 0.15) is 0 Å². The normalized spacial score (nSPS) is 14.3. The van der Waals surface area contributed by atoms with Crippen LogP contribution in [0.15, 0.2) is 305 Å². The highest BCUT2D eigenvalue weighted by Gasteiger charge is 2.55. The van der Waals surface area contributed by atoms with Gasteiger partial charge in [-0.3, -0.25) is 0 Å². The minimum absolute atomic E-state index is 0.00199. The summed E-state index contributed by atoms with van der Waals surface area (Å²) >= 11 is 0. The molecule has 4 heteroatoms. The maximum Gasteiger partial charge on any atom is 0.249 e. The predicted molar refractivity (Wildman–Crippen MR) is 334 cm³/mol. The van der Waals surface area contributed by atoms with E-state index in [4.69, 9.17) is 0 Å². The second-order valence-electron chi connectivity index (χ2n) is 22.1. The third-order valence-corrected chi connectivity index (χ3v) is 22.5. The minimum atomic E-state index is -2.02. The molecule has 0 radical (unpaired) electrons. The molecule has 0 aromatic heterocycles. The first kappa shape index (κ1) is 43.7. The average Bonchev–Trinajstić information content (AvgIpc) is 2.08. The molecule has 4 aliphatic heterocycles. The van der Waals surface area contributed by atoms with Gasteiger partial charge in [-0.25, -0.2) is 0 Å². The molecular formula is C75H47B2NS. The van der Waals surface area contributed by atoms with Crippen molar-refractivity contribution in [3.63, 3.8) is 0 Å². The van der Waals surface area contributed by atoms with Crippen LogP contribution in [0.25, 0.3) is 54.9 Å². The van der Waals surface area contributed by atoms with Crippen molar-refractivity contribution >= 4 is 94.8 Å². The molecule has 5 aliphatic rings. The molecule has 18 rings (SSSR count). The van der Waals surface area contributed by atoms with Crippen LogP contribution in [0, 0.1) is 0 Å². The fourth-order valence-electron chi connectivity index (χ4n) is 15.8. The van der Waals surface area contributed by atoms with E-state index < -0.39 is 15.4 Å². The number of hydrogen-bond donors (Lipinski definition) is 0. The SMILES string of the molecule is c1ccc(C2(c3ccccc3)c3ccccc3-c3c2ccc2c3B3c4ccc5ccccc5c4-c4cc5c6c(c43)N2c2ccc(S(c3ccccc3)(c3ccccc3)c3ccccc3)cc2B6c2ccc3ccccc3c2-5)cc1. The van der Waals surface area contributed by atoms with Crippen LogP contribution >= 0.6 is 10.0 Å². The topological polar surface area (TPSA) is 3.24 Å². The van der Waals surface area contributed by atoms with E-state index >= 15 is 0 Å². The van der Waals surface area contributed by atoms with Crippen LogP contribution in [-0.2, 0) is 5.41 Å². The summed E-state index contributed by atoms with van der Waals surface area (Å²) < 4.78 is 0. The lowest BCUT2D eigenvalue weighted by Crippen LogP contribution is -2.63. The van der Waals surface area contributed by atoms with Gasteiger partial charge in [-0.15, -0.1) is 10.0 Å². The molecule has 0 fully saturated rings. The van der Waals surface area contributed by atoms with Gasteiger partial charge in [0.05, 0.1) is 5.41 Å². The van der Waals surface area contributed by atoms with Gasteiger partial charge in [0.15, 0.2) is 0 Å². The first-order valence-electron chi connectivity index (χ1n) is 27.8. The monoisotopic (exact) mass is 1020 g/mol. The second-order valence-corrected chi connectivity index (χ2v) is 25.2. The highest BCUT2D eigenvalue weighted by molar-refractivity contribution is 8.34. The maximum absolute atomic E-state index is 2.76. The molecule has 13 aromatic rings. The largest absolute Gasteiger partial charge is 0.312 e. The predicted octanol–water partition coefficient (Wildman–Crippen LogP) is 14.8. The summed E-state index contributed by atoms with van der Waals surface area (Å²) in [6, 6.07) is 109. The Morgan fingerprint density at radius 2 is 0.785 bits per heavy atom. The van der Waals surface area contributed by atoms with E-state index in [0.29, 0.717) is 0 Å². The molecular weight excluding hydrogens is 969 g/mol. The van der Waals surface area contributed by atoms with E-state index in [1.54, 1.807) is 0 Å². The standard InChI is InChI=1S/C75H47B2NS/c1-6-24-50(25-7-1)75(51-26-8-2-9-27-51)61-37-21-20-36-58(61)70-62(75)41-45-67-73(70)77-64-43-39-49-23-17-19-35-57(49)69(64)60-47-59-68-56-34-18-16-22-48(56)38-42-63(68)76-65-46-55(40-44-66(65)78(67)74(71(59)76)72(60)77)79(52-28-10-3-11-29-52,53-30-12-4-13-31-53)54-32-14-5-15-33-54/h1-47H. The Morgan fingerprint density at radius 3 is 1.37 bits per heavy atom. The van der Waals surface area contributed by atoms with Crippen LogP contribution < -0.4 is 37.7 Å². The lowest BCUT2D eigenvalue weighted by atomic mass is 9.32. The Morgan fingerprint density at radius 1 is 0.304 bits per heavy atom. The molecule has 0 unspecified atom stereocenters. The Hall–Kier alpha value is -9.34. The van der Waals surface area contributed by atoms with E-state index in [0.717, 1.165) is 0 Å². The smallest absolute Gasteiger partial charge is 0.249 e. The fourth-order valence-corrected chi connectivity index (χ4v) is 19.7. The quantitative estimate of drug-likeness (QED) is 0.150. The molecule has 364 valence electrons. The lowest BCUT2D eigenvalue weighted by molar-refractivity contribution is 0.769. The number of fused-ring (bicyclic) bond motifs is 20. The summed E-state index contributed by atoms with van der Waals surface area (Å²) in [5, 5.41) is 5.18. The molecule has 13 aromatic carbocycles. The second kappa shape index (κ2) is 16.1. The van der Waals surface area contributed by atoms with Gasteiger partial charge in [0, 0.05) is 36.6 Å². The summed E-state index contributed by atoms with van der Waals surface area (Å²) in [5.41, 5.74) is 25.2. The molecule has 0 spiro atoms. The summed E-state index contributed by atoms with van der Waals surface area (Å²) in [4.78, 5) is 8.07. The van der Waals surface area contributed by atoms with Crippen LogP contribution in [0.1, 0.15) is 22.3 Å². The third-order valence-electron chi connectivity index (χ3n) is 18.6. The third kappa shape index (κ3) is 5.49. The van der Waals surface area contributed by atoms with Crippen molar-refractivity contribution < 1.29 is 0 Å². The maximum atomic E-state index is 2.76. The first-order valence-corrected chi connectivity index (χ1v) is 29.4. The van der Waals surface area contributed by atoms with E-state index in [2.05, 4.69) is 290 Å². The van der Waals surface area contributed by atoms with E-state index in [9.17, 15) is 0 Å². The van der Waals surface area contributed by atoms with Crippen molar-refractivity contribution in [3.05, 3.63) is 307 Å². The lowest BCUT2D eigenvalue weighted by Gasteiger charge is -2.45. The summed E-state index contributed by atoms with van der Waals surface area (Å²) in [6.45, 7) is -0.0121. The molecule has 0 saturated heterocycles. The molecule has 1 nitrogen and oxygen atoms in total. The Bertz CT molecular complexity index is 4600. The van der Waals surface area contributed by atoms with Crippen molar-refractivity contribution in [2.75, 3.05) is 4.90 Å². The average molecular weight is 1020 g/mol. The fraction of sp³-hybridized carbons (Fsp3) is 0.0133. The van der Waals surface area contributed by atoms with Gasteiger partial charge >= 0.3 is 0 Å². The molecule has 0 atom stereocenters. The van der Waals surface area contributed by atoms with Crippen LogP contribution in [0.4, 0.5) is 17.1 Å². The van der Waals surface area contributed by atoms with Crippen molar-refractivity contribution in [2.45, 2.75) is 25.0 Å². The highest BCUT2D eigenvalue weighted by Crippen LogP contribution is 2.73. The van der Waals surface area contributed by atoms with Gasteiger partial charge in [-0.1, -0.05) is 235 Å². The van der Waals surface area contributed by atoms with Gasteiger partial charge in [0.25, 0.3) is 0 Å². The van der Waals surface area contributed by atoms with Crippen LogP contribution in [0.3, 0.4) is 0 Å². The van der Waals surface area contributed by atoms with Crippen molar-refractivity contribution in [1.29, 1.82) is 0 Å². The summed E-state index contributed by atoms with van der Waals surface area (Å²) in [5.74, 6) is 0. The Labute approximate surface area is 462 Å². The molecule has 0 amide bonds. The molecule has 0 bridgehead atoms. The Balaban J connectivity index is 1.01. The van der Waals surface area contributed by atoms with Crippen molar-refractivity contribution in [2.24, 2.45) is 0 Å². The van der Waals surface area contributed by atoms with Gasteiger partial charge in [0.2, 0.25) is 13.4 Å². The van der Waals surface area contributed by atoms with E-state index in [-0.39, 0.29) is 13.4 Å². The van der Waals surface area contributed by atoms with Crippen molar-refractivity contribution in [1.82, 2.24) is 0 Å². The molecule has 1 aliphatic carbocycles. The van der Waals surface area contributed by atoms with Gasteiger partial charge in [-0.2, -0.15) is 0 Å². The molecule has 79 heavy (non-hydrogen) atoms. The number of rotatable bonds is 6. The first-order chi connectivity index (χ1) is 39.2. The molecule has 0 N–H and O–H groups in total. The Kier molecular flexibility index (Phi) is 8.92. The number of anilines is 3. The molecule has 0 saturated carbocycles. The van der Waals surface area contributed by atoms with Crippen LogP contribution in [0.2, 0.25) is 0 Å². The zero-order valence-corrected chi connectivity index (χ0v) is 44.0. The number of nitrogens with zero attached hydrogens (tertiary/aromatic N) is 1. The highest BCUT2D eigenvalue weighted by atomic mass is 32.3. The summed E-state index contributed by atoms with van der Waals surface area (Å²) in [6.07, 6.45) is 0. The van der Waals surface area contributed by atoms with Gasteiger partial charge in [-0.05, 0) is 160 Å². The van der Waals surface area contributed by atoms with Gasteiger partial charge < -0.3 is 4.90 Å². The van der Waals surface area contributed by atoms with Crippen LogP contribution in [-0.4, -0.2) is 13.4 Å². The summed E-state index contributed by atoms with van der Waals surface area (Å²) in [7, 11) is -2.02. The number of hydrogen-bond acceptors (Lipinski definition) is 1.